The summed E-state index contributed by atoms with van der Waals surface area (Å²) in [6.07, 6.45) is 7.09. The number of hydrogen-bond donors (Lipinski definition) is 1. The van der Waals surface area contributed by atoms with Gasteiger partial charge in [-0.25, -0.2) is 0 Å². The minimum Gasteiger partial charge on any atom is -0.352 e. The van der Waals surface area contributed by atoms with Gasteiger partial charge in [0.1, 0.15) is 0 Å². The van der Waals surface area contributed by atoms with Crippen LogP contribution in [0.3, 0.4) is 0 Å². The van der Waals surface area contributed by atoms with E-state index in [4.69, 9.17) is 0 Å². The zero-order chi connectivity index (χ0) is 9.80. The van der Waals surface area contributed by atoms with Crippen LogP contribution < -0.4 is 5.32 Å². The molecular weight excluding hydrogens is 176 g/mol. The topological polar surface area (TPSA) is 42.0 Å². The van der Waals surface area contributed by atoms with Gasteiger partial charge in [-0.1, -0.05) is 6.42 Å². The molecule has 3 heteroatoms. The first-order chi connectivity index (χ1) is 6.86. The van der Waals surface area contributed by atoms with Gasteiger partial charge in [-0.3, -0.25) is 9.78 Å². The Kier molecular flexibility index (Phi) is 2.77. The van der Waals surface area contributed by atoms with Crippen LogP contribution in [0, 0.1) is 5.92 Å². The summed E-state index contributed by atoms with van der Waals surface area (Å²) in [6.45, 7) is 0.813. The third-order valence-corrected chi connectivity index (χ3v) is 2.70. The molecule has 1 saturated carbocycles. The van der Waals surface area contributed by atoms with Gasteiger partial charge in [-0.05, 0) is 30.9 Å². The molecule has 2 rings (SSSR count). The van der Waals surface area contributed by atoms with Crippen LogP contribution in [0.4, 0.5) is 0 Å². The van der Waals surface area contributed by atoms with Crippen LogP contribution in [0.5, 0.6) is 0 Å². The first kappa shape index (κ1) is 9.19. The Morgan fingerprint density at radius 1 is 1.57 bits per heavy atom. The van der Waals surface area contributed by atoms with Crippen LogP contribution in [0.15, 0.2) is 24.5 Å². The van der Waals surface area contributed by atoms with Crippen LogP contribution in [0.1, 0.15) is 29.6 Å². The van der Waals surface area contributed by atoms with E-state index in [1.807, 2.05) is 0 Å². The second-order valence-electron chi connectivity index (χ2n) is 3.75. The quantitative estimate of drug-likeness (QED) is 0.786. The molecular formula is C11H14N2O. The fourth-order valence-electron chi connectivity index (χ4n) is 1.53. The number of rotatable bonds is 3. The molecule has 0 aromatic carbocycles. The van der Waals surface area contributed by atoms with Crippen molar-refractivity contribution in [3.63, 3.8) is 0 Å². The highest BCUT2D eigenvalue weighted by Crippen LogP contribution is 2.25. The molecule has 3 nitrogen and oxygen atoms in total. The van der Waals surface area contributed by atoms with E-state index in [2.05, 4.69) is 10.3 Å². The summed E-state index contributed by atoms with van der Waals surface area (Å²) in [4.78, 5) is 15.4. The molecule has 0 aliphatic heterocycles. The number of carbonyl (C=O) groups is 1. The first-order valence-electron chi connectivity index (χ1n) is 5.04. The Labute approximate surface area is 83.5 Å². The summed E-state index contributed by atoms with van der Waals surface area (Å²) >= 11 is 0. The monoisotopic (exact) mass is 190 g/mol. The average molecular weight is 190 g/mol. The lowest BCUT2D eigenvalue weighted by molar-refractivity contribution is 0.0938. The maximum Gasteiger partial charge on any atom is 0.252 e. The summed E-state index contributed by atoms with van der Waals surface area (Å²) < 4.78 is 0. The fraction of sp³-hybridized carbons (Fsp3) is 0.455. The highest BCUT2D eigenvalue weighted by atomic mass is 16.1. The predicted octanol–water partition coefficient (Wildman–Crippen LogP) is 1.61. The average Bonchev–Trinajstić information content (AvgIpc) is 2.16. The van der Waals surface area contributed by atoms with E-state index in [9.17, 15) is 4.79 Å². The minimum atomic E-state index is -0.00926. The molecule has 1 aliphatic rings. The number of aromatic nitrogens is 1. The highest BCUT2D eigenvalue weighted by Gasteiger charge is 2.18. The minimum absolute atomic E-state index is 0.00926. The standard InChI is InChI=1S/C11H14N2O/c14-11(10-5-2-6-12-8-10)13-7-9-3-1-4-9/h2,5-6,8-9H,1,3-4,7H2,(H,13,14). The van der Waals surface area contributed by atoms with Gasteiger partial charge in [0.2, 0.25) is 0 Å². The fourth-order valence-corrected chi connectivity index (χ4v) is 1.53. The molecule has 0 atom stereocenters. The smallest absolute Gasteiger partial charge is 0.252 e. The van der Waals surface area contributed by atoms with E-state index in [0.29, 0.717) is 11.5 Å². The second-order valence-corrected chi connectivity index (χ2v) is 3.75. The van der Waals surface area contributed by atoms with Gasteiger partial charge in [-0.2, -0.15) is 0 Å². The molecule has 0 spiro atoms. The SMILES string of the molecule is O=C(NCC1CCC1)c1cccnc1. The van der Waals surface area contributed by atoms with Crippen LogP contribution >= 0.6 is 0 Å². The van der Waals surface area contributed by atoms with Crippen molar-refractivity contribution in [3.05, 3.63) is 30.1 Å². The van der Waals surface area contributed by atoms with Gasteiger partial charge in [0.05, 0.1) is 5.56 Å². The van der Waals surface area contributed by atoms with Crippen molar-refractivity contribution in [3.8, 4) is 0 Å². The zero-order valence-electron chi connectivity index (χ0n) is 8.07. The van der Waals surface area contributed by atoms with Crippen LogP contribution in [0.2, 0.25) is 0 Å². The third-order valence-electron chi connectivity index (χ3n) is 2.70. The normalized spacial score (nSPS) is 16.0. The summed E-state index contributed by atoms with van der Waals surface area (Å²) in [5, 5.41) is 2.92. The molecule has 1 aliphatic carbocycles. The van der Waals surface area contributed by atoms with Gasteiger partial charge in [0.15, 0.2) is 0 Å². The van der Waals surface area contributed by atoms with Crippen molar-refractivity contribution < 1.29 is 4.79 Å². The lowest BCUT2D eigenvalue weighted by Crippen LogP contribution is -2.32. The lowest BCUT2D eigenvalue weighted by Gasteiger charge is -2.25. The Balaban J connectivity index is 1.83. The highest BCUT2D eigenvalue weighted by molar-refractivity contribution is 5.93. The summed E-state index contributed by atoms with van der Waals surface area (Å²) in [7, 11) is 0. The Hall–Kier alpha value is -1.38. The molecule has 0 bridgehead atoms. The molecule has 1 N–H and O–H groups in total. The van der Waals surface area contributed by atoms with E-state index < -0.39 is 0 Å². The van der Waals surface area contributed by atoms with Crippen LogP contribution in [0.25, 0.3) is 0 Å². The predicted molar refractivity (Wildman–Crippen MR) is 53.9 cm³/mol. The van der Waals surface area contributed by atoms with E-state index in [0.717, 1.165) is 6.54 Å². The van der Waals surface area contributed by atoms with Crippen molar-refractivity contribution in [1.82, 2.24) is 10.3 Å². The van der Waals surface area contributed by atoms with Gasteiger partial charge < -0.3 is 5.32 Å². The lowest BCUT2D eigenvalue weighted by atomic mass is 9.85. The van der Waals surface area contributed by atoms with Crippen molar-refractivity contribution in [2.45, 2.75) is 19.3 Å². The molecule has 0 unspecified atom stereocenters. The molecule has 1 heterocycles. The molecule has 0 saturated heterocycles. The van der Waals surface area contributed by atoms with E-state index >= 15 is 0 Å². The number of nitrogens with one attached hydrogen (secondary N) is 1. The van der Waals surface area contributed by atoms with Gasteiger partial charge >= 0.3 is 0 Å². The number of carbonyl (C=O) groups excluding carboxylic acids is 1. The Morgan fingerprint density at radius 3 is 3.00 bits per heavy atom. The van der Waals surface area contributed by atoms with Crippen molar-refractivity contribution in [1.29, 1.82) is 0 Å². The molecule has 74 valence electrons. The third kappa shape index (κ3) is 2.10. The number of amides is 1. The molecule has 14 heavy (non-hydrogen) atoms. The van der Waals surface area contributed by atoms with Gasteiger partial charge in [-0.15, -0.1) is 0 Å². The Morgan fingerprint density at radius 2 is 2.43 bits per heavy atom. The summed E-state index contributed by atoms with van der Waals surface area (Å²) in [5.74, 6) is 0.695. The first-order valence-corrected chi connectivity index (χ1v) is 5.04. The van der Waals surface area contributed by atoms with Gasteiger partial charge in [0.25, 0.3) is 5.91 Å². The molecule has 1 aromatic heterocycles. The molecule has 1 aromatic rings. The second kappa shape index (κ2) is 4.22. The zero-order valence-corrected chi connectivity index (χ0v) is 8.07. The Bertz CT molecular complexity index is 306. The maximum absolute atomic E-state index is 11.5. The molecule has 1 amide bonds. The van der Waals surface area contributed by atoms with Crippen LogP contribution in [-0.2, 0) is 0 Å². The van der Waals surface area contributed by atoms with E-state index in [-0.39, 0.29) is 5.91 Å². The molecule has 0 radical (unpaired) electrons. The van der Waals surface area contributed by atoms with Crippen molar-refractivity contribution >= 4 is 5.91 Å². The van der Waals surface area contributed by atoms with Crippen molar-refractivity contribution in [2.75, 3.05) is 6.54 Å². The number of pyridine rings is 1. The van der Waals surface area contributed by atoms with E-state index in [1.54, 1.807) is 24.5 Å². The number of nitrogens with zero attached hydrogens (tertiary/aromatic N) is 1. The van der Waals surface area contributed by atoms with Gasteiger partial charge in [0, 0.05) is 18.9 Å². The largest absolute Gasteiger partial charge is 0.352 e. The number of hydrogen-bond acceptors (Lipinski definition) is 2. The maximum atomic E-state index is 11.5. The molecule has 1 fully saturated rings. The van der Waals surface area contributed by atoms with Crippen molar-refractivity contribution in [2.24, 2.45) is 5.92 Å². The van der Waals surface area contributed by atoms with Crippen LogP contribution in [-0.4, -0.2) is 17.4 Å². The summed E-state index contributed by atoms with van der Waals surface area (Å²) in [6, 6.07) is 3.56. The summed E-state index contributed by atoms with van der Waals surface area (Å²) in [5.41, 5.74) is 0.645. The van der Waals surface area contributed by atoms with E-state index in [1.165, 1.54) is 19.3 Å².